The Kier molecular flexibility index (Phi) is 2.55. The van der Waals surface area contributed by atoms with Crippen LogP contribution in [-0.4, -0.2) is 0 Å². The van der Waals surface area contributed by atoms with E-state index in [9.17, 15) is 4.79 Å². The third-order valence-corrected chi connectivity index (χ3v) is 2.70. The van der Waals surface area contributed by atoms with Gasteiger partial charge in [-0.3, -0.25) is 0 Å². The van der Waals surface area contributed by atoms with Gasteiger partial charge in [0.05, 0.1) is 5.39 Å². The Balaban J connectivity index is 2.79. The molecule has 0 saturated carbocycles. The van der Waals surface area contributed by atoms with Gasteiger partial charge in [-0.25, -0.2) is 4.79 Å². The molecule has 0 atom stereocenters. The zero-order valence-electron chi connectivity index (χ0n) is 9.50. The van der Waals surface area contributed by atoms with E-state index >= 15 is 0 Å². The molecule has 0 aliphatic heterocycles. The second-order valence-electron chi connectivity index (χ2n) is 4.88. The zero-order valence-corrected chi connectivity index (χ0v) is 10.3. The van der Waals surface area contributed by atoms with Crippen LogP contribution in [0.15, 0.2) is 33.5 Å². The highest BCUT2D eigenvalue weighted by Gasteiger charge is 2.18. The van der Waals surface area contributed by atoms with Crippen molar-refractivity contribution in [2.24, 2.45) is 0 Å². The Bertz CT molecular complexity index is 591. The number of hydrogen-bond donors (Lipinski definition) is 0. The number of fused-ring (bicyclic) bond motifs is 1. The van der Waals surface area contributed by atoms with E-state index in [1.165, 1.54) is 0 Å². The Labute approximate surface area is 98.8 Å². The second-order valence-corrected chi connectivity index (χ2v) is 5.32. The van der Waals surface area contributed by atoms with Gasteiger partial charge >= 0.3 is 5.63 Å². The fourth-order valence-electron chi connectivity index (χ4n) is 1.53. The van der Waals surface area contributed by atoms with Gasteiger partial charge in [0, 0.05) is 10.4 Å². The summed E-state index contributed by atoms with van der Waals surface area (Å²) in [5.41, 5.74) is -0.502. The smallest absolute Gasteiger partial charge is 0.343 e. The van der Waals surface area contributed by atoms with Crippen LogP contribution >= 0.6 is 11.6 Å². The molecule has 0 fully saturated rings. The molecule has 0 aliphatic rings. The standard InChI is InChI=1S/C13H13ClO2/c1-13(2,3)11-6-8-4-5-9(14)7-10(8)12(15)16-11/h4-7H,1-3H3. The fourth-order valence-corrected chi connectivity index (χ4v) is 1.70. The van der Waals surface area contributed by atoms with E-state index < -0.39 is 0 Å². The summed E-state index contributed by atoms with van der Waals surface area (Å²) in [6.07, 6.45) is 0. The number of halogens is 1. The van der Waals surface area contributed by atoms with Gasteiger partial charge in [0.25, 0.3) is 0 Å². The summed E-state index contributed by atoms with van der Waals surface area (Å²) < 4.78 is 5.30. The molecule has 0 N–H and O–H groups in total. The molecular formula is C13H13ClO2. The summed E-state index contributed by atoms with van der Waals surface area (Å²) in [7, 11) is 0. The molecular weight excluding hydrogens is 224 g/mol. The molecule has 84 valence electrons. The zero-order chi connectivity index (χ0) is 11.9. The second kappa shape index (κ2) is 3.63. The van der Waals surface area contributed by atoms with Crippen LogP contribution in [0.1, 0.15) is 26.5 Å². The third kappa shape index (κ3) is 1.98. The fraction of sp³-hybridized carbons (Fsp3) is 0.308. The lowest BCUT2D eigenvalue weighted by Gasteiger charge is -2.16. The van der Waals surface area contributed by atoms with Gasteiger partial charge in [-0.15, -0.1) is 0 Å². The molecule has 2 nitrogen and oxygen atoms in total. The number of hydrogen-bond acceptors (Lipinski definition) is 2. The van der Waals surface area contributed by atoms with Gasteiger partial charge in [0.1, 0.15) is 5.76 Å². The minimum Gasteiger partial charge on any atom is -0.427 e. The number of benzene rings is 1. The third-order valence-electron chi connectivity index (χ3n) is 2.46. The Morgan fingerprint density at radius 1 is 1.19 bits per heavy atom. The molecule has 0 unspecified atom stereocenters. The van der Waals surface area contributed by atoms with Crippen molar-refractivity contribution in [1.29, 1.82) is 0 Å². The van der Waals surface area contributed by atoms with E-state index in [1.54, 1.807) is 12.1 Å². The quantitative estimate of drug-likeness (QED) is 0.698. The normalized spacial score (nSPS) is 12.0. The first-order valence-electron chi connectivity index (χ1n) is 5.12. The van der Waals surface area contributed by atoms with E-state index in [-0.39, 0.29) is 11.0 Å². The first kappa shape index (κ1) is 11.2. The molecule has 2 rings (SSSR count). The summed E-state index contributed by atoms with van der Waals surface area (Å²) in [5.74, 6) is 0.687. The van der Waals surface area contributed by atoms with Crippen LogP contribution in [0.3, 0.4) is 0 Å². The molecule has 0 amide bonds. The van der Waals surface area contributed by atoms with Gasteiger partial charge in [0.2, 0.25) is 0 Å². The predicted molar refractivity (Wildman–Crippen MR) is 66.2 cm³/mol. The lowest BCUT2D eigenvalue weighted by Crippen LogP contribution is -2.14. The highest BCUT2D eigenvalue weighted by molar-refractivity contribution is 6.31. The van der Waals surface area contributed by atoms with Crippen LogP contribution in [0, 0.1) is 0 Å². The van der Waals surface area contributed by atoms with Gasteiger partial charge in [-0.2, -0.15) is 0 Å². The van der Waals surface area contributed by atoms with Gasteiger partial charge in [-0.05, 0) is 23.6 Å². The molecule has 0 radical (unpaired) electrons. The van der Waals surface area contributed by atoms with Crippen molar-refractivity contribution in [3.8, 4) is 0 Å². The van der Waals surface area contributed by atoms with E-state index in [4.69, 9.17) is 16.0 Å². The van der Waals surface area contributed by atoms with Gasteiger partial charge < -0.3 is 4.42 Å². The molecule has 0 spiro atoms. The van der Waals surface area contributed by atoms with Crippen molar-refractivity contribution in [3.63, 3.8) is 0 Å². The topological polar surface area (TPSA) is 30.2 Å². The summed E-state index contributed by atoms with van der Waals surface area (Å²) in [6, 6.07) is 7.14. The van der Waals surface area contributed by atoms with E-state index in [2.05, 4.69) is 0 Å². The number of rotatable bonds is 0. The minimum absolute atomic E-state index is 0.174. The molecule has 1 aromatic carbocycles. The minimum atomic E-state index is -0.329. The molecule has 1 aromatic heterocycles. The Hall–Kier alpha value is -1.28. The Morgan fingerprint density at radius 2 is 1.88 bits per heavy atom. The highest BCUT2D eigenvalue weighted by atomic mass is 35.5. The lowest BCUT2D eigenvalue weighted by molar-refractivity contribution is 0.382. The molecule has 2 aromatic rings. The first-order chi connectivity index (χ1) is 7.38. The highest BCUT2D eigenvalue weighted by Crippen LogP contribution is 2.25. The average Bonchev–Trinajstić information content (AvgIpc) is 2.17. The van der Waals surface area contributed by atoms with Crippen molar-refractivity contribution in [3.05, 3.63) is 45.5 Å². The summed E-state index contributed by atoms with van der Waals surface area (Å²) in [4.78, 5) is 11.8. The van der Waals surface area contributed by atoms with Crippen LogP contribution < -0.4 is 5.63 Å². The summed E-state index contributed by atoms with van der Waals surface area (Å²) >= 11 is 5.84. The van der Waals surface area contributed by atoms with Crippen molar-refractivity contribution < 1.29 is 4.42 Å². The monoisotopic (exact) mass is 236 g/mol. The largest absolute Gasteiger partial charge is 0.427 e. The SMILES string of the molecule is CC(C)(C)c1cc2ccc(Cl)cc2c(=O)o1. The maximum atomic E-state index is 11.8. The summed E-state index contributed by atoms with van der Waals surface area (Å²) in [5, 5.41) is 1.94. The van der Waals surface area contributed by atoms with E-state index in [0.717, 1.165) is 5.39 Å². The van der Waals surface area contributed by atoms with Crippen LogP contribution in [0.5, 0.6) is 0 Å². The molecule has 0 aliphatic carbocycles. The lowest BCUT2D eigenvalue weighted by atomic mass is 9.92. The average molecular weight is 237 g/mol. The summed E-state index contributed by atoms with van der Waals surface area (Å²) in [6.45, 7) is 6.02. The molecule has 3 heteroatoms. The van der Waals surface area contributed by atoms with E-state index in [0.29, 0.717) is 16.2 Å². The van der Waals surface area contributed by atoms with Crippen molar-refractivity contribution in [2.75, 3.05) is 0 Å². The van der Waals surface area contributed by atoms with Crippen molar-refractivity contribution in [2.45, 2.75) is 26.2 Å². The molecule has 16 heavy (non-hydrogen) atoms. The molecule has 0 bridgehead atoms. The van der Waals surface area contributed by atoms with Crippen LogP contribution in [0.4, 0.5) is 0 Å². The van der Waals surface area contributed by atoms with Crippen LogP contribution in [0.2, 0.25) is 5.02 Å². The van der Waals surface area contributed by atoms with Gasteiger partial charge in [0.15, 0.2) is 0 Å². The first-order valence-corrected chi connectivity index (χ1v) is 5.49. The molecule has 0 saturated heterocycles. The van der Waals surface area contributed by atoms with Crippen molar-refractivity contribution in [1.82, 2.24) is 0 Å². The maximum absolute atomic E-state index is 11.8. The van der Waals surface area contributed by atoms with Crippen LogP contribution in [-0.2, 0) is 5.41 Å². The Morgan fingerprint density at radius 3 is 2.50 bits per heavy atom. The molecule has 1 heterocycles. The predicted octanol–water partition coefficient (Wildman–Crippen LogP) is 3.74. The maximum Gasteiger partial charge on any atom is 0.343 e. The van der Waals surface area contributed by atoms with E-state index in [1.807, 2.05) is 32.9 Å². The van der Waals surface area contributed by atoms with Crippen molar-refractivity contribution >= 4 is 22.4 Å². The van der Waals surface area contributed by atoms with Crippen LogP contribution in [0.25, 0.3) is 10.8 Å². The van der Waals surface area contributed by atoms with Gasteiger partial charge in [-0.1, -0.05) is 38.4 Å².